The molecule has 9 atom stereocenters. The quantitative estimate of drug-likeness (QED) is 0.0822. The van der Waals surface area contributed by atoms with Crippen LogP contribution in [0.5, 0.6) is 0 Å². The van der Waals surface area contributed by atoms with Crippen molar-refractivity contribution in [3.63, 3.8) is 0 Å². The van der Waals surface area contributed by atoms with Gasteiger partial charge in [0.25, 0.3) is 0 Å². The number of methoxy groups -OCH3 is 6. The van der Waals surface area contributed by atoms with Gasteiger partial charge in [-0.15, -0.1) is 6.42 Å². The molecule has 0 aliphatic carbocycles. The van der Waals surface area contributed by atoms with E-state index in [1.165, 1.54) is 42.7 Å². The zero-order chi connectivity index (χ0) is 53.7. The molecule has 5 heterocycles. The molecule has 5 aliphatic heterocycles. The summed E-state index contributed by atoms with van der Waals surface area (Å²) in [6, 6.07) is -0.907. The van der Waals surface area contributed by atoms with Gasteiger partial charge in [-0.25, -0.2) is 0 Å². The maximum absolute atomic E-state index is 14.0. The standard InChI is InChI=1S/C54H74N4O14/c1-16-25-72-44(65)28-52(7)32(17-20-38(59)66-10)36-27-37-50(4,5)33(18-21-39(60)67-11)45(56-37)30(2)47-51(6,24-23-41(62)69-13)35(26-42(63)70-14)49(57-47)54(9)53(8,29-43(64)71-15)34(19-22-40(61)68-12)46(58-54)31(3)48(52)55-36/h1,27,32-35,49,55H,17-26,28-29H2,2-15H3/b36-27?,45-30?,48-31-/t32-,33-,34-,35+,49?,51-,52+,53+,54+/m1/s1. The number of ether oxygens (including phenoxy) is 7. The normalized spacial score (nSPS) is 31.0. The van der Waals surface area contributed by atoms with Gasteiger partial charge in [-0.05, 0) is 63.7 Å². The molecule has 0 aromatic rings. The van der Waals surface area contributed by atoms with Gasteiger partial charge in [-0.2, -0.15) is 0 Å². The van der Waals surface area contributed by atoms with Crippen molar-refractivity contribution in [2.75, 3.05) is 49.3 Å². The number of fused-ring (bicyclic) bond motifs is 6. The minimum Gasteiger partial charge on any atom is -0.469 e. The highest BCUT2D eigenvalue weighted by atomic mass is 16.5. The molecule has 0 amide bonds. The number of carbonyl (C=O) groups excluding carboxylic acids is 7. The van der Waals surface area contributed by atoms with Crippen molar-refractivity contribution in [2.45, 2.75) is 138 Å². The Bertz CT molecular complexity index is 2460. The number of hydrogen-bond donors (Lipinski definition) is 1. The van der Waals surface area contributed by atoms with Gasteiger partial charge in [-0.3, -0.25) is 48.5 Å². The van der Waals surface area contributed by atoms with Gasteiger partial charge in [0, 0.05) is 105 Å². The highest BCUT2D eigenvalue weighted by Gasteiger charge is 2.66. The van der Waals surface area contributed by atoms with Crippen molar-refractivity contribution in [1.29, 1.82) is 0 Å². The Kier molecular flexibility index (Phi) is 17.6. The summed E-state index contributed by atoms with van der Waals surface area (Å²) in [6.07, 6.45) is 7.69. The predicted molar refractivity (Wildman–Crippen MR) is 266 cm³/mol. The fourth-order valence-corrected chi connectivity index (χ4v) is 12.4. The molecule has 1 fully saturated rings. The largest absolute Gasteiger partial charge is 0.469 e. The summed E-state index contributed by atoms with van der Waals surface area (Å²) in [7, 11) is 7.85. The smallest absolute Gasteiger partial charge is 0.307 e. The second-order valence-electron chi connectivity index (χ2n) is 21.0. The molecule has 8 bridgehead atoms. The van der Waals surface area contributed by atoms with E-state index in [-0.39, 0.29) is 70.8 Å². The molecule has 18 nitrogen and oxygen atoms in total. The number of terminal acetylenes is 1. The highest BCUT2D eigenvalue weighted by Crippen LogP contribution is 2.62. The van der Waals surface area contributed by atoms with Crippen LogP contribution < -0.4 is 5.32 Å². The first kappa shape index (κ1) is 56.8. The number of hydrogen-bond acceptors (Lipinski definition) is 18. The molecule has 0 radical (unpaired) electrons. The topological polar surface area (TPSA) is 233 Å². The molecule has 0 saturated carbocycles. The number of nitrogens with zero attached hydrogens (tertiary/aromatic N) is 3. The Morgan fingerprint density at radius 2 is 1.18 bits per heavy atom. The lowest BCUT2D eigenvalue weighted by Crippen LogP contribution is -2.55. The van der Waals surface area contributed by atoms with E-state index in [1.807, 2.05) is 61.5 Å². The number of nitrogens with one attached hydrogen (secondary N) is 1. The summed E-state index contributed by atoms with van der Waals surface area (Å²) in [4.78, 5) is 111. The third-order valence-corrected chi connectivity index (χ3v) is 16.9. The Balaban J connectivity index is 2.05. The van der Waals surface area contributed by atoms with E-state index < -0.39 is 98.7 Å². The maximum atomic E-state index is 14.0. The van der Waals surface area contributed by atoms with Crippen molar-refractivity contribution >= 4 is 58.9 Å². The van der Waals surface area contributed by atoms with Gasteiger partial charge >= 0.3 is 41.8 Å². The Morgan fingerprint density at radius 1 is 0.653 bits per heavy atom. The van der Waals surface area contributed by atoms with Gasteiger partial charge in [0.2, 0.25) is 0 Å². The number of aliphatic imine (C=N–C) groups is 3. The molecule has 18 heteroatoms. The molecule has 1 saturated heterocycles. The lowest BCUT2D eigenvalue weighted by atomic mass is 9.55. The molecule has 0 spiro atoms. The van der Waals surface area contributed by atoms with E-state index in [4.69, 9.17) is 54.6 Å². The summed E-state index contributed by atoms with van der Waals surface area (Å²) in [5.41, 5.74) is -0.834. The first-order chi connectivity index (χ1) is 33.8. The average Bonchev–Trinajstić information content (AvgIpc) is 3.96. The second kappa shape index (κ2) is 22.3. The second-order valence-corrected chi connectivity index (χ2v) is 21.0. The lowest BCUT2D eigenvalue weighted by molar-refractivity contribution is -0.147. The molecule has 0 aromatic heterocycles. The van der Waals surface area contributed by atoms with E-state index in [1.54, 1.807) is 0 Å². The third-order valence-electron chi connectivity index (χ3n) is 16.9. The highest BCUT2D eigenvalue weighted by molar-refractivity contribution is 6.10. The Hall–Kier alpha value is -6.12. The molecule has 394 valence electrons. The zero-order valence-corrected chi connectivity index (χ0v) is 44.6. The summed E-state index contributed by atoms with van der Waals surface area (Å²) in [5.74, 6) is -3.58. The summed E-state index contributed by atoms with van der Waals surface area (Å²) >= 11 is 0. The summed E-state index contributed by atoms with van der Waals surface area (Å²) in [6.45, 7) is 15.3. The molecule has 72 heavy (non-hydrogen) atoms. The lowest BCUT2D eigenvalue weighted by Gasteiger charge is -2.48. The van der Waals surface area contributed by atoms with Crippen molar-refractivity contribution < 1.29 is 66.7 Å². The van der Waals surface area contributed by atoms with Gasteiger partial charge in [0.05, 0.1) is 73.5 Å². The van der Waals surface area contributed by atoms with Crippen molar-refractivity contribution in [3.8, 4) is 12.3 Å². The summed E-state index contributed by atoms with van der Waals surface area (Å²) < 4.78 is 37.0. The number of esters is 7. The van der Waals surface area contributed by atoms with E-state index in [9.17, 15) is 33.6 Å². The maximum Gasteiger partial charge on any atom is 0.307 e. The van der Waals surface area contributed by atoms with Crippen LogP contribution in [0.2, 0.25) is 0 Å². The van der Waals surface area contributed by atoms with E-state index in [0.717, 1.165) is 0 Å². The SMILES string of the molecule is C#CCOC(=O)C[C@]1(C)/C2=C(\C)C3=N[C@@](C)(C4N=C(C(C)=C5N=C(C=C(N2)[C@H]1CCC(=O)OC)C(C)(C)[C@@H]5CCC(=O)OC)[C@](C)(CCC(=O)OC)[C@H]4CC(=O)OC)[C@@](C)(CC(=O)OC)[C@@H]3CCC(=O)OC. The van der Waals surface area contributed by atoms with Gasteiger partial charge in [0.1, 0.15) is 0 Å². The number of carbonyl (C=O) groups is 7. The predicted octanol–water partition coefficient (Wildman–Crippen LogP) is 6.54. The molecule has 5 aliphatic rings. The first-order valence-corrected chi connectivity index (χ1v) is 24.5. The Morgan fingerprint density at radius 3 is 1.72 bits per heavy atom. The zero-order valence-electron chi connectivity index (χ0n) is 44.6. The van der Waals surface area contributed by atoms with Crippen LogP contribution in [0.4, 0.5) is 0 Å². The Labute approximate surface area is 423 Å². The number of rotatable bonds is 19. The fraction of sp³-hybridized carbons (Fsp3) is 0.667. The van der Waals surface area contributed by atoms with Crippen molar-refractivity contribution in [2.24, 2.45) is 60.3 Å². The minimum atomic E-state index is -1.39. The molecule has 0 aromatic carbocycles. The van der Waals surface area contributed by atoms with Crippen LogP contribution >= 0.6 is 0 Å². The van der Waals surface area contributed by atoms with E-state index in [0.29, 0.717) is 51.8 Å². The van der Waals surface area contributed by atoms with Crippen LogP contribution in [0, 0.1) is 57.7 Å². The van der Waals surface area contributed by atoms with E-state index >= 15 is 0 Å². The van der Waals surface area contributed by atoms with Crippen LogP contribution in [0.1, 0.15) is 126 Å². The third kappa shape index (κ3) is 10.5. The molecular formula is C54H74N4O14. The van der Waals surface area contributed by atoms with Gasteiger partial charge < -0.3 is 38.5 Å². The van der Waals surface area contributed by atoms with E-state index in [2.05, 4.69) is 11.2 Å². The van der Waals surface area contributed by atoms with Gasteiger partial charge in [0.15, 0.2) is 6.61 Å². The summed E-state index contributed by atoms with van der Waals surface area (Å²) in [5, 5.41) is 3.73. The molecular weight excluding hydrogens is 929 g/mol. The van der Waals surface area contributed by atoms with Crippen molar-refractivity contribution in [1.82, 2.24) is 5.32 Å². The van der Waals surface area contributed by atoms with Gasteiger partial charge in [-0.1, -0.05) is 40.5 Å². The van der Waals surface area contributed by atoms with Crippen LogP contribution in [0.15, 0.2) is 49.3 Å². The van der Waals surface area contributed by atoms with Crippen LogP contribution in [0.25, 0.3) is 0 Å². The monoisotopic (exact) mass is 1000 g/mol. The molecule has 1 unspecified atom stereocenters. The first-order valence-electron chi connectivity index (χ1n) is 24.5. The fourth-order valence-electron chi connectivity index (χ4n) is 12.4. The molecule has 5 rings (SSSR count). The minimum absolute atomic E-state index is 0.0192. The molecule has 1 N–H and O–H groups in total. The van der Waals surface area contributed by atoms with Crippen molar-refractivity contribution in [3.05, 3.63) is 34.3 Å². The number of allylic oxidation sites excluding steroid dienone is 6. The average molecular weight is 1000 g/mol. The van der Waals surface area contributed by atoms with Crippen LogP contribution in [0.3, 0.4) is 0 Å². The van der Waals surface area contributed by atoms with Crippen LogP contribution in [-0.4, -0.2) is 120 Å². The van der Waals surface area contributed by atoms with Crippen LogP contribution in [-0.2, 0) is 66.7 Å².